The van der Waals surface area contributed by atoms with E-state index >= 15 is 0 Å². The minimum Gasteiger partial charge on any atom is -0.416 e. The summed E-state index contributed by atoms with van der Waals surface area (Å²) in [5.41, 5.74) is 1.89. The van der Waals surface area contributed by atoms with Crippen LogP contribution in [0.25, 0.3) is 0 Å². The first-order chi connectivity index (χ1) is 15.7. The number of nitrogens with zero attached hydrogens (tertiary/aromatic N) is 2. The molecule has 1 fully saturated rings. The largest absolute Gasteiger partial charge is 0.416 e. The first-order valence-electron chi connectivity index (χ1n) is 10.9. The number of anilines is 1. The summed E-state index contributed by atoms with van der Waals surface area (Å²) in [5, 5.41) is 14.3. The van der Waals surface area contributed by atoms with Crippen LogP contribution < -0.4 is 10.6 Å². The molecule has 0 spiro atoms. The van der Waals surface area contributed by atoms with Crippen molar-refractivity contribution in [3.63, 3.8) is 0 Å². The van der Waals surface area contributed by atoms with E-state index in [0.717, 1.165) is 18.4 Å². The van der Waals surface area contributed by atoms with Gasteiger partial charge in [-0.15, -0.1) is 10.2 Å². The van der Waals surface area contributed by atoms with Gasteiger partial charge in [0.2, 0.25) is 11.8 Å². The molecular formula is C24H26N4O3S. The Morgan fingerprint density at radius 2 is 1.72 bits per heavy atom. The van der Waals surface area contributed by atoms with Crippen LogP contribution in [0, 0.1) is 0 Å². The number of thioether (sulfide) groups is 1. The average molecular weight is 451 g/mol. The van der Waals surface area contributed by atoms with Crippen molar-refractivity contribution in [2.45, 2.75) is 49.8 Å². The fourth-order valence-electron chi connectivity index (χ4n) is 3.77. The highest BCUT2D eigenvalue weighted by Gasteiger charge is 2.22. The molecule has 0 bridgehead atoms. The second-order valence-corrected chi connectivity index (χ2v) is 8.72. The molecule has 2 amide bonds. The molecule has 1 aliphatic carbocycles. The summed E-state index contributed by atoms with van der Waals surface area (Å²) in [7, 11) is 0. The van der Waals surface area contributed by atoms with Crippen molar-refractivity contribution in [2.24, 2.45) is 0 Å². The minimum atomic E-state index is -0.244. The molecule has 8 heteroatoms. The molecule has 2 aromatic carbocycles. The summed E-state index contributed by atoms with van der Waals surface area (Å²) >= 11 is 1.20. The fourth-order valence-corrected chi connectivity index (χ4v) is 4.34. The molecule has 1 heterocycles. The van der Waals surface area contributed by atoms with Gasteiger partial charge in [0.15, 0.2) is 0 Å². The van der Waals surface area contributed by atoms with E-state index in [1.54, 1.807) is 24.3 Å². The van der Waals surface area contributed by atoms with E-state index in [9.17, 15) is 9.59 Å². The highest BCUT2D eigenvalue weighted by atomic mass is 32.2. The molecule has 32 heavy (non-hydrogen) atoms. The maximum absolute atomic E-state index is 12.7. The van der Waals surface area contributed by atoms with Crippen LogP contribution in [0.5, 0.6) is 0 Å². The average Bonchev–Trinajstić information content (AvgIpc) is 3.32. The SMILES string of the molecule is O=C(CSc1nnc(C2CCCCC2)o1)Nc1ccccc1C(=O)NCc1ccccc1. The summed E-state index contributed by atoms with van der Waals surface area (Å²) in [6, 6.07) is 16.6. The number of benzene rings is 2. The zero-order valence-electron chi connectivity index (χ0n) is 17.8. The first kappa shape index (κ1) is 22.1. The van der Waals surface area contributed by atoms with Gasteiger partial charge < -0.3 is 15.1 Å². The third kappa shape index (κ3) is 5.97. The maximum Gasteiger partial charge on any atom is 0.277 e. The van der Waals surface area contributed by atoms with Gasteiger partial charge in [0.05, 0.1) is 17.0 Å². The Morgan fingerprint density at radius 1 is 0.969 bits per heavy atom. The van der Waals surface area contributed by atoms with Crippen molar-refractivity contribution in [3.8, 4) is 0 Å². The normalized spacial score (nSPS) is 14.1. The zero-order chi connectivity index (χ0) is 22.2. The van der Waals surface area contributed by atoms with Crippen LogP contribution in [-0.2, 0) is 11.3 Å². The Morgan fingerprint density at radius 3 is 2.53 bits per heavy atom. The third-order valence-electron chi connectivity index (χ3n) is 5.44. The summed E-state index contributed by atoms with van der Waals surface area (Å²) in [4.78, 5) is 25.1. The predicted octanol–water partition coefficient (Wildman–Crippen LogP) is 4.78. The van der Waals surface area contributed by atoms with Crippen LogP contribution in [0.1, 0.15) is 59.8 Å². The fraction of sp³-hybridized carbons (Fsp3) is 0.333. The zero-order valence-corrected chi connectivity index (χ0v) is 18.6. The monoisotopic (exact) mass is 450 g/mol. The molecule has 166 valence electrons. The molecule has 0 atom stereocenters. The van der Waals surface area contributed by atoms with Gasteiger partial charge in [-0.05, 0) is 30.5 Å². The van der Waals surface area contributed by atoms with Gasteiger partial charge in [-0.1, -0.05) is 73.5 Å². The molecule has 1 aliphatic rings. The number of amides is 2. The summed E-state index contributed by atoms with van der Waals surface area (Å²) < 4.78 is 5.76. The highest BCUT2D eigenvalue weighted by molar-refractivity contribution is 7.99. The van der Waals surface area contributed by atoms with E-state index in [2.05, 4.69) is 20.8 Å². The van der Waals surface area contributed by atoms with Crippen LogP contribution in [0.4, 0.5) is 5.69 Å². The number of hydrogen-bond acceptors (Lipinski definition) is 6. The molecule has 0 saturated heterocycles. The highest BCUT2D eigenvalue weighted by Crippen LogP contribution is 2.32. The Labute approximate surface area is 191 Å². The Hall–Kier alpha value is -3.13. The second kappa shape index (κ2) is 10.9. The number of aromatic nitrogens is 2. The van der Waals surface area contributed by atoms with E-state index < -0.39 is 0 Å². The number of rotatable bonds is 8. The third-order valence-corrected chi connectivity index (χ3v) is 6.26. The lowest BCUT2D eigenvalue weighted by atomic mass is 9.89. The van der Waals surface area contributed by atoms with E-state index in [4.69, 9.17) is 4.42 Å². The topological polar surface area (TPSA) is 97.1 Å². The van der Waals surface area contributed by atoms with E-state index in [-0.39, 0.29) is 17.6 Å². The lowest BCUT2D eigenvalue weighted by Crippen LogP contribution is -2.25. The molecule has 1 aromatic heterocycles. The van der Waals surface area contributed by atoms with Crippen LogP contribution in [0.15, 0.2) is 64.2 Å². The van der Waals surface area contributed by atoms with Crippen molar-refractivity contribution in [1.82, 2.24) is 15.5 Å². The second-order valence-electron chi connectivity index (χ2n) is 7.79. The van der Waals surface area contributed by atoms with Crippen LogP contribution >= 0.6 is 11.8 Å². The Balaban J connectivity index is 1.30. The molecule has 1 saturated carbocycles. The Kier molecular flexibility index (Phi) is 7.55. The minimum absolute atomic E-state index is 0.117. The van der Waals surface area contributed by atoms with Crippen molar-refractivity contribution >= 4 is 29.3 Å². The van der Waals surface area contributed by atoms with Crippen molar-refractivity contribution < 1.29 is 14.0 Å². The molecule has 4 rings (SSSR count). The lowest BCUT2D eigenvalue weighted by molar-refractivity contribution is -0.113. The summed E-state index contributed by atoms with van der Waals surface area (Å²) in [6.07, 6.45) is 5.80. The number of carbonyl (C=O) groups is 2. The number of hydrogen-bond donors (Lipinski definition) is 2. The molecule has 3 aromatic rings. The van der Waals surface area contributed by atoms with Gasteiger partial charge in [-0.2, -0.15) is 0 Å². The smallest absolute Gasteiger partial charge is 0.277 e. The number of nitrogens with one attached hydrogen (secondary N) is 2. The van der Waals surface area contributed by atoms with Crippen molar-refractivity contribution in [1.29, 1.82) is 0 Å². The number of carbonyl (C=O) groups excluding carboxylic acids is 2. The predicted molar refractivity (Wildman–Crippen MR) is 124 cm³/mol. The molecular weight excluding hydrogens is 424 g/mol. The number of para-hydroxylation sites is 1. The van der Waals surface area contributed by atoms with Crippen LogP contribution in [0.3, 0.4) is 0 Å². The molecule has 2 N–H and O–H groups in total. The van der Waals surface area contributed by atoms with Crippen molar-refractivity contribution in [2.75, 3.05) is 11.1 Å². The standard InChI is InChI=1S/C24H26N4O3S/c29-21(16-32-24-28-27-23(31-24)18-11-5-2-6-12-18)26-20-14-8-7-13-19(20)22(30)25-15-17-9-3-1-4-10-17/h1,3-4,7-10,13-14,18H,2,5-6,11-12,15-16H2,(H,25,30)(H,26,29). The van der Waals surface area contributed by atoms with Gasteiger partial charge in [-0.3, -0.25) is 9.59 Å². The van der Waals surface area contributed by atoms with Crippen LogP contribution in [-0.4, -0.2) is 27.8 Å². The first-order valence-corrected chi connectivity index (χ1v) is 11.8. The van der Waals surface area contributed by atoms with Crippen molar-refractivity contribution in [3.05, 3.63) is 71.6 Å². The molecule has 0 radical (unpaired) electrons. The van der Waals surface area contributed by atoms with E-state index in [1.807, 2.05) is 30.3 Å². The van der Waals surface area contributed by atoms with Gasteiger partial charge >= 0.3 is 0 Å². The molecule has 0 unspecified atom stereocenters. The quantitative estimate of drug-likeness (QED) is 0.480. The van der Waals surface area contributed by atoms with Gasteiger partial charge in [0.1, 0.15) is 0 Å². The van der Waals surface area contributed by atoms with E-state index in [1.165, 1.54) is 31.0 Å². The van der Waals surface area contributed by atoms with Gasteiger partial charge in [0, 0.05) is 12.5 Å². The lowest BCUT2D eigenvalue weighted by Gasteiger charge is -2.17. The van der Waals surface area contributed by atoms with E-state index in [0.29, 0.717) is 34.8 Å². The van der Waals surface area contributed by atoms with Crippen LogP contribution in [0.2, 0.25) is 0 Å². The van der Waals surface area contributed by atoms with Gasteiger partial charge in [-0.25, -0.2) is 0 Å². The summed E-state index contributed by atoms with van der Waals surface area (Å²) in [5.74, 6) is 0.641. The van der Waals surface area contributed by atoms with Gasteiger partial charge in [0.25, 0.3) is 11.1 Å². The Bertz CT molecular complexity index is 1050. The molecule has 7 nitrogen and oxygen atoms in total. The summed E-state index contributed by atoms with van der Waals surface area (Å²) in [6.45, 7) is 0.415. The molecule has 0 aliphatic heterocycles. The maximum atomic E-state index is 12.7.